The number of aliphatic hydroxyl groups is 1. The first-order valence-corrected chi connectivity index (χ1v) is 5.46. The summed E-state index contributed by atoms with van der Waals surface area (Å²) in [6.07, 6.45) is 0. The molecule has 0 saturated heterocycles. The molecule has 1 atom stereocenters. The molecule has 1 unspecified atom stereocenters. The van der Waals surface area contributed by atoms with Crippen molar-refractivity contribution in [3.63, 3.8) is 0 Å². The van der Waals surface area contributed by atoms with Crippen molar-refractivity contribution in [2.24, 2.45) is 0 Å². The van der Waals surface area contributed by atoms with E-state index in [0.717, 1.165) is 12.1 Å². The smallest absolute Gasteiger partial charge is 0.194 e. The highest BCUT2D eigenvalue weighted by atomic mass is 32.1. The van der Waals surface area contributed by atoms with Crippen LogP contribution < -0.4 is 10.6 Å². The van der Waals surface area contributed by atoms with Gasteiger partial charge < -0.3 is 5.11 Å². The molecule has 0 aliphatic rings. The van der Waals surface area contributed by atoms with Gasteiger partial charge in [0.15, 0.2) is 17.5 Å². The van der Waals surface area contributed by atoms with Crippen LogP contribution in [0.1, 0.15) is 5.56 Å². The van der Waals surface area contributed by atoms with Crippen molar-refractivity contribution in [2.75, 3.05) is 13.2 Å². The van der Waals surface area contributed by atoms with Crippen LogP contribution >= 0.6 is 12.6 Å². The average molecular weight is 266 g/mol. The zero-order chi connectivity index (χ0) is 12.8. The highest BCUT2D eigenvalue weighted by molar-refractivity contribution is 7.80. The van der Waals surface area contributed by atoms with Crippen LogP contribution in [0.4, 0.5) is 13.2 Å². The van der Waals surface area contributed by atoms with E-state index in [4.69, 9.17) is 5.11 Å². The Morgan fingerprint density at radius 2 is 1.88 bits per heavy atom. The summed E-state index contributed by atoms with van der Waals surface area (Å²) >= 11 is 4.05. The maximum absolute atomic E-state index is 13.2. The standard InChI is InChI=1S/C10H13F3N2OS/c11-7-2-1-6(8(12)9(7)13)5-15-10(17)14-3-4-16/h1-2,10,14-17H,3-5H2. The van der Waals surface area contributed by atoms with Crippen LogP contribution in [0.2, 0.25) is 0 Å². The van der Waals surface area contributed by atoms with Crippen LogP contribution in [-0.2, 0) is 6.54 Å². The van der Waals surface area contributed by atoms with Gasteiger partial charge in [0.2, 0.25) is 0 Å². The van der Waals surface area contributed by atoms with Crippen molar-refractivity contribution in [1.82, 2.24) is 10.6 Å². The molecule has 0 spiro atoms. The highest BCUT2D eigenvalue weighted by Crippen LogP contribution is 2.14. The zero-order valence-corrected chi connectivity index (χ0v) is 9.78. The first-order valence-electron chi connectivity index (χ1n) is 4.94. The van der Waals surface area contributed by atoms with Crippen LogP contribution in [0.3, 0.4) is 0 Å². The first kappa shape index (κ1) is 14.3. The molecule has 0 aromatic heterocycles. The van der Waals surface area contributed by atoms with Gasteiger partial charge in [-0.2, -0.15) is 0 Å². The molecule has 7 heteroatoms. The van der Waals surface area contributed by atoms with Gasteiger partial charge >= 0.3 is 0 Å². The van der Waals surface area contributed by atoms with Gasteiger partial charge in [-0.1, -0.05) is 6.07 Å². The van der Waals surface area contributed by atoms with Crippen LogP contribution in [0.5, 0.6) is 0 Å². The quantitative estimate of drug-likeness (QED) is 0.353. The summed E-state index contributed by atoms with van der Waals surface area (Å²) < 4.78 is 38.7. The molecule has 0 radical (unpaired) electrons. The Kier molecular flexibility index (Phi) is 5.76. The summed E-state index contributed by atoms with van der Waals surface area (Å²) in [4.78, 5) is 0. The van der Waals surface area contributed by atoms with Crippen molar-refractivity contribution in [3.05, 3.63) is 35.1 Å². The maximum atomic E-state index is 13.2. The van der Waals surface area contributed by atoms with Gasteiger partial charge in [-0.05, 0) is 6.07 Å². The monoisotopic (exact) mass is 266 g/mol. The Balaban J connectivity index is 2.55. The number of aliphatic hydroxyl groups excluding tert-OH is 1. The lowest BCUT2D eigenvalue weighted by molar-refractivity contribution is 0.288. The lowest BCUT2D eigenvalue weighted by atomic mass is 10.2. The second kappa shape index (κ2) is 6.85. The maximum Gasteiger partial charge on any atom is 0.194 e. The molecular weight excluding hydrogens is 253 g/mol. The molecule has 0 bridgehead atoms. The molecule has 0 heterocycles. The molecule has 0 fully saturated rings. The third-order valence-corrected chi connectivity index (χ3v) is 2.42. The SMILES string of the molecule is OCCNC(S)NCc1ccc(F)c(F)c1F. The highest BCUT2D eigenvalue weighted by Gasteiger charge is 2.13. The van der Waals surface area contributed by atoms with Crippen molar-refractivity contribution in [2.45, 2.75) is 12.0 Å². The van der Waals surface area contributed by atoms with Gasteiger partial charge in [-0.25, -0.2) is 13.2 Å². The topological polar surface area (TPSA) is 44.3 Å². The number of hydrogen-bond acceptors (Lipinski definition) is 4. The molecular formula is C10H13F3N2OS. The summed E-state index contributed by atoms with van der Waals surface area (Å²) in [7, 11) is 0. The largest absolute Gasteiger partial charge is 0.395 e. The Hall–Kier alpha value is -0.760. The predicted octanol–water partition coefficient (Wildman–Crippen LogP) is 0.989. The minimum Gasteiger partial charge on any atom is -0.395 e. The number of nitrogens with one attached hydrogen (secondary N) is 2. The van der Waals surface area contributed by atoms with Crippen molar-refractivity contribution >= 4 is 12.6 Å². The summed E-state index contributed by atoms with van der Waals surface area (Å²) in [5.41, 5.74) is -0.469. The number of thiol groups is 1. The van der Waals surface area contributed by atoms with E-state index in [9.17, 15) is 13.2 Å². The molecule has 3 nitrogen and oxygen atoms in total. The fourth-order valence-corrected chi connectivity index (χ4v) is 1.40. The molecule has 0 amide bonds. The van der Waals surface area contributed by atoms with E-state index in [2.05, 4.69) is 23.3 Å². The van der Waals surface area contributed by atoms with Crippen molar-refractivity contribution in [3.8, 4) is 0 Å². The van der Waals surface area contributed by atoms with Crippen LogP contribution in [-0.4, -0.2) is 23.8 Å². The number of hydrogen-bond donors (Lipinski definition) is 4. The van der Waals surface area contributed by atoms with Crippen molar-refractivity contribution in [1.29, 1.82) is 0 Å². The predicted molar refractivity (Wildman–Crippen MR) is 61.0 cm³/mol. The minimum absolute atomic E-state index is 0.00434. The third-order valence-electron chi connectivity index (χ3n) is 2.05. The Morgan fingerprint density at radius 1 is 1.18 bits per heavy atom. The van der Waals surface area contributed by atoms with E-state index in [1.54, 1.807) is 0 Å². The number of rotatable bonds is 6. The fourth-order valence-electron chi connectivity index (χ4n) is 1.18. The molecule has 1 rings (SSSR count). The van der Waals surface area contributed by atoms with E-state index in [1.807, 2.05) is 0 Å². The minimum atomic E-state index is -1.48. The lowest BCUT2D eigenvalue weighted by Crippen LogP contribution is -2.38. The van der Waals surface area contributed by atoms with Gasteiger partial charge in [0.25, 0.3) is 0 Å². The number of benzene rings is 1. The van der Waals surface area contributed by atoms with E-state index in [-0.39, 0.29) is 18.7 Å². The first-order chi connectivity index (χ1) is 8.06. The Morgan fingerprint density at radius 3 is 2.53 bits per heavy atom. The molecule has 0 aliphatic carbocycles. The zero-order valence-electron chi connectivity index (χ0n) is 8.88. The summed E-state index contributed by atoms with van der Waals surface area (Å²) in [5.74, 6) is -3.91. The van der Waals surface area contributed by atoms with Crippen LogP contribution in [0.25, 0.3) is 0 Å². The molecule has 0 aliphatic heterocycles. The molecule has 3 N–H and O–H groups in total. The molecule has 96 valence electrons. The molecule has 17 heavy (non-hydrogen) atoms. The van der Waals surface area contributed by atoms with E-state index >= 15 is 0 Å². The molecule has 0 saturated carbocycles. The third kappa shape index (κ3) is 4.19. The van der Waals surface area contributed by atoms with Gasteiger partial charge in [-0.15, -0.1) is 12.6 Å². The van der Waals surface area contributed by atoms with Gasteiger partial charge in [0, 0.05) is 18.7 Å². The van der Waals surface area contributed by atoms with Gasteiger partial charge in [-0.3, -0.25) is 10.6 Å². The van der Waals surface area contributed by atoms with Crippen LogP contribution in [0.15, 0.2) is 12.1 Å². The Bertz CT molecular complexity index is 379. The van der Waals surface area contributed by atoms with Gasteiger partial charge in [0.1, 0.15) is 5.50 Å². The summed E-state index contributed by atoms with van der Waals surface area (Å²) in [6, 6.07) is 2.03. The average Bonchev–Trinajstić information content (AvgIpc) is 2.32. The van der Waals surface area contributed by atoms with E-state index in [0.29, 0.717) is 6.54 Å². The Labute approximate surface area is 102 Å². The second-order valence-electron chi connectivity index (χ2n) is 3.30. The lowest BCUT2D eigenvalue weighted by Gasteiger charge is -2.14. The number of halogens is 3. The second-order valence-corrected chi connectivity index (χ2v) is 3.81. The van der Waals surface area contributed by atoms with E-state index in [1.165, 1.54) is 0 Å². The summed E-state index contributed by atoms with van der Waals surface area (Å²) in [6.45, 7) is 0.259. The van der Waals surface area contributed by atoms with Gasteiger partial charge in [0.05, 0.1) is 6.61 Å². The fraction of sp³-hybridized carbons (Fsp3) is 0.400. The van der Waals surface area contributed by atoms with Crippen LogP contribution in [0, 0.1) is 17.5 Å². The molecule has 1 aromatic rings. The molecule has 1 aromatic carbocycles. The summed E-state index contributed by atoms with van der Waals surface area (Å²) in [5, 5.41) is 14.0. The normalized spacial score (nSPS) is 12.8. The van der Waals surface area contributed by atoms with E-state index < -0.39 is 22.9 Å². The van der Waals surface area contributed by atoms with Crippen molar-refractivity contribution < 1.29 is 18.3 Å².